The molecule has 0 bridgehead atoms. The minimum absolute atomic E-state index is 0.179. The van der Waals surface area contributed by atoms with E-state index in [9.17, 15) is 21.0 Å². The minimum atomic E-state index is 0.179. The zero-order chi connectivity index (χ0) is 22.8. The summed E-state index contributed by atoms with van der Waals surface area (Å²) >= 11 is 0. The van der Waals surface area contributed by atoms with E-state index >= 15 is 0 Å². The molecule has 2 aromatic rings. The molecule has 1 N–H and O–H groups in total. The second kappa shape index (κ2) is 8.09. The molecule has 148 valence electrons. The first kappa shape index (κ1) is 20.4. The molecule has 5 heteroatoms. The van der Waals surface area contributed by atoms with Crippen LogP contribution in [-0.4, -0.2) is 5.87 Å². The number of nitriles is 4. The summed E-state index contributed by atoms with van der Waals surface area (Å²) in [4.78, 5) is 0. The van der Waals surface area contributed by atoms with Gasteiger partial charge in [-0.25, -0.2) is 0 Å². The van der Waals surface area contributed by atoms with Crippen LogP contribution in [0.25, 0.3) is 28.9 Å². The summed E-state index contributed by atoms with van der Waals surface area (Å²) in [6, 6.07) is 11.7. The maximum absolute atomic E-state index is 9.81. The fourth-order valence-corrected chi connectivity index (χ4v) is 4.26. The lowest BCUT2D eigenvalue weighted by atomic mass is 9.89. The lowest BCUT2D eigenvalue weighted by Crippen LogP contribution is -1.97. The van der Waals surface area contributed by atoms with Gasteiger partial charge in [-0.15, -0.1) is 5.73 Å². The number of allylic oxidation sites excluding steroid dienone is 1. The van der Waals surface area contributed by atoms with Gasteiger partial charge in [-0.2, -0.15) is 21.0 Å². The van der Waals surface area contributed by atoms with Gasteiger partial charge in [0.1, 0.15) is 24.3 Å². The van der Waals surface area contributed by atoms with Crippen molar-refractivity contribution in [3.63, 3.8) is 0 Å². The summed E-state index contributed by atoms with van der Waals surface area (Å²) in [7, 11) is 0. The van der Waals surface area contributed by atoms with Crippen molar-refractivity contribution in [2.45, 2.75) is 19.3 Å². The molecule has 1 saturated carbocycles. The Bertz CT molecular complexity index is 1390. The molecule has 0 spiro atoms. The van der Waals surface area contributed by atoms with Crippen molar-refractivity contribution >= 4 is 23.6 Å². The Morgan fingerprint density at radius 3 is 1.81 bits per heavy atom. The third-order valence-corrected chi connectivity index (χ3v) is 5.84. The molecule has 5 nitrogen and oxygen atoms in total. The van der Waals surface area contributed by atoms with Crippen LogP contribution >= 0.6 is 0 Å². The topological polar surface area (TPSA) is 119 Å². The van der Waals surface area contributed by atoms with E-state index in [4.69, 9.17) is 5.41 Å². The predicted molar refractivity (Wildman–Crippen MR) is 121 cm³/mol. The number of benzene rings is 2. The van der Waals surface area contributed by atoms with E-state index in [-0.39, 0.29) is 22.3 Å². The van der Waals surface area contributed by atoms with Gasteiger partial charge in [-0.05, 0) is 77.1 Å². The van der Waals surface area contributed by atoms with Crippen LogP contribution in [0.3, 0.4) is 0 Å². The van der Waals surface area contributed by atoms with Crippen molar-refractivity contribution in [1.82, 2.24) is 0 Å². The van der Waals surface area contributed by atoms with Crippen molar-refractivity contribution in [3.05, 3.63) is 75.0 Å². The molecule has 0 heterocycles. The van der Waals surface area contributed by atoms with Gasteiger partial charge in [0.15, 0.2) is 0 Å². The number of nitrogens with one attached hydrogen (secondary N) is 1. The molecule has 0 atom stereocenters. The Hall–Kier alpha value is -4.89. The molecule has 0 aromatic heterocycles. The first-order valence-corrected chi connectivity index (χ1v) is 9.98. The van der Waals surface area contributed by atoms with Gasteiger partial charge in [0.2, 0.25) is 0 Å². The van der Waals surface area contributed by atoms with E-state index in [0.717, 1.165) is 30.4 Å². The van der Waals surface area contributed by atoms with Gasteiger partial charge in [0, 0.05) is 17.2 Å². The van der Waals surface area contributed by atoms with E-state index in [2.05, 4.69) is 48.5 Å². The molecule has 0 unspecified atom stereocenters. The summed E-state index contributed by atoms with van der Waals surface area (Å²) in [6.45, 7) is 3.65. The van der Waals surface area contributed by atoms with Crippen molar-refractivity contribution in [2.24, 2.45) is 5.92 Å². The normalized spacial score (nSPS) is 13.9. The van der Waals surface area contributed by atoms with Gasteiger partial charge in [0.05, 0.1) is 22.3 Å². The number of hydrogen-bond acceptors (Lipinski definition) is 5. The SMILES string of the molecule is C=C=Cc1c(C#N)c(C#N)cc2c1/C(=C/CC1CC1)c1c-2cc(C#N)c(C#N)c1C=C=N. The van der Waals surface area contributed by atoms with Crippen molar-refractivity contribution in [3.8, 4) is 35.4 Å². The number of nitrogens with zero attached hydrogens (tertiary/aromatic N) is 4. The molecule has 0 radical (unpaired) electrons. The third-order valence-electron chi connectivity index (χ3n) is 5.84. The summed E-state index contributed by atoms with van der Waals surface area (Å²) in [5.41, 5.74) is 8.23. The summed E-state index contributed by atoms with van der Waals surface area (Å²) < 4.78 is 0. The zero-order valence-electron chi connectivity index (χ0n) is 17.1. The van der Waals surface area contributed by atoms with Crippen LogP contribution in [0.5, 0.6) is 0 Å². The molecule has 2 aromatic carbocycles. The summed E-state index contributed by atoms with van der Waals surface area (Å²) in [6.07, 6.45) is 8.24. The van der Waals surface area contributed by atoms with Crippen molar-refractivity contribution in [1.29, 1.82) is 26.5 Å². The monoisotopic (exact) mass is 409 g/mol. The fraction of sp³-hybridized carbons (Fsp3) is 0.148. The van der Waals surface area contributed by atoms with Crippen molar-refractivity contribution in [2.75, 3.05) is 0 Å². The van der Waals surface area contributed by atoms with Crippen LogP contribution in [0.15, 0.2) is 30.5 Å². The highest BCUT2D eigenvalue weighted by Gasteiger charge is 2.33. The Labute approximate surface area is 185 Å². The fourth-order valence-electron chi connectivity index (χ4n) is 4.26. The molecular formula is C27H15N5. The largest absolute Gasteiger partial charge is 0.259 e. The highest BCUT2D eigenvalue weighted by Crippen LogP contribution is 2.51. The molecule has 2 aliphatic rings. The van der Waals surface area contributed by atoms with Gasteiger partial charge < -0.3 is 0 Å². The lowest BCUT2D eigenvalue weighted by Gasteiger charge is -2.12. The Balaban J connectivity index is 2.22. The first-order valence-electron chi connectivity index (χ1n) is 9.98. The Morgan fingerprint density at radius 1 is 0.875 bits per heavy atom. The lowest BCUT2D eigenvalue weighted by molar-refractivity contribution is 0.864. The summed E-state index contributed by atoms with van der Waals surface area (Å²) in [5.74, 6) is 2.85. The van der Waals surface area contributed by atoms with E-state index in [1.165, 1.54) is 6.08 Å². The predicted octanol–water partition coefficient (Wildman–Crippen LogP) is 5.45. The van der Waals surface area contributed by atoms with E-state index < -0.39 is 0 Å². The van der Waals surface area contributed by atoms with Crippen LogP contribution in [0.1, 0.15) is 63.8 Å². The quantitative estimate of drug-likeness (QED) is 0.455. The molecule has 32 heavy (non-hydrogen) atoms. The number of rotatable bonds is 4. The Morgan fingerprint density at radius 2 is 1.41 bits per heavy atom. The number of hydrogen-bond donors (Lipinski definition) is 1. The standard InChI is InChI=1S/C27H15N5/c1-2-3-19-24(14-31)17(12-29)10-22-23-11-18(13-30)25(15-32)20(8-9-28)27(23)21(26(19)22)7-6-16-4-5-16/h3,7-8,10-11,16,28H,1,4-6H2/b21-7-. The molecule has 0 saturated heterocycles. The molecule has 2 aliphatic carbocycles. The highest BCUT2D eigenvalue weighted by molar-refractivity contribution is 6.09. The van der Waals surface area contributed by atoms with Crippen LogP contribution in [-0.2, 0) is 0 Å². The minimum Gasteiger partial charge on any atom is -0.259 e. The first-order chi connectivity index (χ1) is 15.6. The van der Waals surface area contributed by atoms with E-state index in [1.807, 2.05) is 0 Å². The van der Waals surface area contributed by atoms with Crippen molar-refractivity contribution < 1.29 is 0 Å². The van der Waals surface area contributed by atoms with Gasteiger partial charge in [-0.1, -0.05) is 12.7 Å². The van der Waals surface area contributed by atoms with Crippen LogP contribution in [0, 0.1) is 56.7 Å². The molecule has 4 rings (SSSR count). The smallest absolute Gasteiger partial charge is 0.101 e. The van der Waals surface area contributed by atoms with Crippen LogP contribution in [0.4, 0.5) is 0 Å². The second-order valence-corrected chi connectivity index (χ2v) is 7.65. The summed E-state index contributed by atoms with van der Waals surface area (Å²) in [5, 5.41) is 46.5. The number of fused-ring (bicyclic) bond motifs is 3. The second-order valence-electron chi connectivity index (χ2n) is 7.65. The van der Waals surface area contributed by atoms with Crippen LogP contribution < -0.4 is 0 Å². The molecular weight excluding hydrogens is 394 g/mol. The Kier molecular flexibility index (Phi) is 5.15. The van der Waals surface area contributed by atoms with Gasteiger partial charge in [0.25, 0.3) is 0 Å². The van der Waals surface area contributed by atoms with E-state index in [0.29, 0.717) is 33.7 Å². The van der Waals surface area contributed by atoms with E-state index in [1.54, 1.807) is 18.2 Å². The maximum Gasteiger partial charge on any atom is 0.101 e. The third kappa shape index (κ3) is 3.06. The maximum atomic E-state index is 9.81. The molecule has 0 aliphatic heterocycles. The highest BCUT2D eigenvalue weighted by atomic mass is 14.4. The average molecular weight is 409 g/mol. The van der Waals surface area contributed by atoms with Crippen LogP contribution in [0.2, 0.25) is 0 Å². The van der Waals surface area contributed by atoms with Gasteiger partial charge in [-0.3, -0.25) is 5.41 Å². The average Bonchev–Trinajstić information content (AvgIpc) is 3.59. The van der Waals surface area contributed by atoms with Gasteiger partial charge >= 0.3 is 0 Å². The zero-order valence-corrected chi connectivity index (χ0v) is 17.1. The molecule has 0 amide bonds. The molecule has 1 fully saturated rings.